The molecular formula is C19H23N5O4S. The Kier molecular flexibility index (Phi) is 6.85. The van der Waals surface area contributed by atoms with E-state index in [4.69, 9.17) is 15.0 Å². The number of rotatable bonds is 8. The molecule has 0 atom stereocenters. The normalized spacial score (nSPS) is 14.3. The number of carbonyl (C=O) groups excluding carboxylic acids is 2. The van der Waals surface area contributed by atoms with E-state index in [0.29, 0.717) is 11.5 Å². The van der Waals surface area contributed by atoms with Crippen LogP contribution < -0.4 is 11.1 Å². The highest BCUT2D eigenvalue weighted by Crippen LogP contribution is 2.36. The first kappa shape index (κ1) is 20.8. The van der Waals surface area contributed by atoms with Crippen LogP contribution in [0.25, 0.3) is 0 Å². The van der Waals surface area contributed by atoms with Crippen molar-refractivity contribution >= 4 is 33.8 Å². The number of thiophene rings is 1. The third-order valence-electron chi connectivity index (χ3n) is 4.64. The van der Waals surface area contributed by atoms with Crippen LogP contribution in [0.15, 0.2) is 10.6 Å². The van der Waals surface area contributed by atoms with Crippen LogP contribution in [0.5, 0.6) is 0 Å². The Bertz CT molecular complexity index is 924. The molecule has 1 saturated heterocycles. The molecule has 2 aromatic heterocycles. The number of ketones is 1. The number of piperidine rings is 1. The summed E-state index contributed by atoms with van der Waals surface area (Å²) in [4.78, 5) is 27.0. The standard InChI is InChI=1S/C19H23N5O4S/c1-2-27-19(26)13-10-14(28-23-13)16(25)17-15(21)12(11-20)18(29-17)22-6-9-24-7-4-3-5-8-24/h10,22H,2-9,21H2,1H3. The largest absolute Gasteiger partial charge is 0.461 e. The highest BCUT2D eigenvalue weighted by atomic mass is 32.1. The molecule has 0 saturated carbocycles. The molecule has 3 rings (SSSR count). The molecule has 0 aromatic carbocycles. The zero-order chi connectivity index (χ0) is 20.8. The van der Waals surface area contributed by atoms with Gasteiger partial charge < -0.3 is 25.2 Å². The first-order chi connectivity index (χ1) is 14.0. The Morgan fingerprint density at radius 3 is 2.86 bits per heavy atom. The number of nitrogens with two attached hydrogens (primary N) is 1. The summed E-state index contributed by atoms with van der Waals surface area (Å²) in [6, 6.07) is 3.27. The average molecular weight is 417 g/mol. The minimum atomic E-state index is -0.674. The Morgan fingerprint density at radius 2 is 2.17 bits per heavy atom. The maximum atomic E-state index is 12.8. The molecule has 3 heterocycles. The maximum absolute atomic E-state index is 12.8. The summed E-state index contributed by atoms with van der Waals surface area (Å²) in [7, 11) is 0. The number of esters is 1. The van der Waals surface area contributed by atoms with Crippen molar-refractivity contribution in [2.24, 2.45) is 0 Å². The van der Waals surface area contributed by atoms with Gasteiger partial charge in [0.2, 0.25) is 11.5 Å². The van der Waals surface area contributed by atoms with Gasteiger partial charge in [-0.2, -0.15) is 5.26 Å². The molecule has 1 aliphatic rings. The Balaban J connectivity index is 1.71. The molecule has 0 amide bonds. The van der Waals surface area contributed by atoms with E-state index in [-0.39, 0.29) is 34.2 Å². The molecule has 0 radical (unpaired) electrons. The highest BCUT2D eigenvalue weighted by molar-refractivity contribution is 7.19. The third kappa shape index (κ3) is 4.75. The van der Waals surface area contributed by atoms with Crippen molar-refractivity contribution in [3.05, 3.63) is 28.0 Å². The molecule has 2 aromatic rings. The van der Waals surface area contributed by atoms with Gasteiger partial charge in [-0.1, -0.05) is 11.6 Å². The molecule has 1 fully saturated rings. The van der Waals surface area contributed by atoms with Gasteiger partial charge in [-0.3, -0.25) is 4.79 Å². The quantitative estimate of drug-likeness (QED) is 0.490. The summed E-state index contributed by atoms with van der Waals surface area (Å²) in [5, 5.41) is 16.8. The number of ether oxygens (including phenoxy) is 1. The lowest BCUT2D eigenvalue weighted by Gasteiger charge is -2.26. The van der Waals surface area contributed by atoms with E-state index in [1.54, 1.807) is 6.92 Å². The second-order valence-electron chi connectivity index (χ2n) is 6.62. The zero-order valence-corrected chi connectivity index (χ0v) is 17.0. The number of nitrogen functional groups attached to an aromatic ring is 1. The number of anilines is 2. The van der Waals surface area contributed by atoms with Crippen molar-refractivity contribution in [2.75, 3.05) is 43.8 Å². The topological polar surface area (TPSA) is 134 Å². The smallest absolute Gasteiger partial charge is 0.360 e. The number of aromatic nitrogens is 1. The lowest BCUT2D eigenvalue weighted by atomic mass is 10.1. The highest BCUT2D eigenvalue weighted by Gasteiger charge is 2.26. The molecular weight excluding hydrogens is 394 g/mol. The maximum Gasteiger partial charge on any atom is 0.360 e. The molecule has 0 bridgehead atoms. The predicted octanol–water partition coefficient (Wildman–Crippen LogP) is 2.50. The Hall–Kier alpha value is -2.90. The van der Waals surface area contributed by atoms with Crippen LogP contribution >= 0.6 is 11.3 Å². The van der Waals surface area contributed by atoms with Gasteiger partial charge in [0.15, 0.2) is 5.69 Å². The molecule has 1 aliphatic heterocycles. The van der Waals surface area contributed by atoms with Gasteiger partial charge in [0.25, 0.3) is 0 Å². The number of nitrogens with one attached hydrogen (secondary N) is 1. The first-order valence-electron chi connectivity index (χ1n) is 9.52. The van der Waals surface area contributed by atoms with Gasteiger partial charge in [-0.15, -0.1) is 11.3 Å². The fraction of sp³-hybridized carbons (Fsp3) is 0.474. The summed E-state index contributed by atoms with van der Waals surface area (Å²) >= 11 is 1.10. The van der Waals surface area contributed by atoms with Crippen molar-refractivity contribution in [1.29, 1.82) is 5.26 Å². The zero-order valence-electron chi connectivity index (χ0n) is 16.2. The summed E-state index contributed by atoms with van der Waals surface area (Å²) < 4.78 is 9.82. The number of likely N-dealkylation sites (tertiary alicyclic amines) is 1. The van der Waals surface area contributed by atoms with Gasteiger partial charge in [0, 0.05) is 19.2 Å². The van der Waals surface area contributed by atoms with Crippen LogP contribution in [0.2, 0.25) is 0 Å². The predicted molar refractivity (Wildman–Crippen MR) is 108 cm³/mol. The Labute approximate surface area is 172 Å². The average Bonchev–Trinajstić information content (AvgIpc) is 3.34. The fourth-order valence-electron chi connectivity index (χ4n) is 3.15. The summed E-state index contributed by atoms with van der Waals surface area (Å²) in [5.74, 6) is -1.34. The van der Waals surface area contributed by atoms with Crippen molar-refractivity contribution < 1.29 is 18.8 Å². The minimum absolute atomic E-state index is 0.0919. The molecule has 10 heteroatoms. The fourth-order valence-corrected chi connectivity index (χ4v) is 4.20. The van der Waals surface area contributed by atoms with Crippen LogP contribution in [0.1, 0.15) is 57.7 Å². The van der Waals surface area contributed by atoms with Crippen molar-refractivity contribution in [3.8, 4) is 6.07 Å². The number of hydrogen-bond donors (Lipinski definition) is 2. The summed E-state index contributed by atoms with van der Waals surface area (Å²) in [6.45, 7) is 5.52. The molecule has 9 nitrogen and oxygen atoms in total. The van der Waals surface area contributed by atoms with Crippen molar-refractivity contribution in [3.63, 3.8) is 0 Å². The number of nitrogens with zero attached hydrogens (tertiary/aromatic N) is 3. The van der Waals surface area contributed by atoms with E-state index in [1.807, 2.05) is 0 Å². The molecule has 29 heavy (non-hydrogen) atoms. The van der Waals surface area contributed by atoms with Crippen molar-refractivity contribution in [1.82, 2.24) is 10.1 Å². The van der Waals surface area contributed by atoms with Crippen LogP contribution in [0, 0.1) is 11.3 Å². The van der Waals surface area contributed by atoms with E-state index in [2.05, 4.69) is 21.4 Å². The number of nitriles is 1. The van der Waals surface area contributed by atoms with Gasteiger partial charge in [-0.25, -0.2) is 4.79 Å². The van der Waals surface area contributed by atoms with Gasteiger partial charge in [0.1, 0.15) is 21.5 Å². The monoisotopic (exact) mass is 417 g/mol. The molecule has 0 spiro atoms. The lowest BCUT2D eigenvalue weighted by molar-refractivity contribution is 0.0514. The van der Waals surface area contributed by atoms with E-state index < -0.39 is 11.8 Å². The Morgan fingerprint density at radius 1 is 1.41 bits per heavy atom. The van der Waals surface area contributed by atoms with Crippen LogP contribution in [-0.4, -0.2) is 54.6 Å². The SMILES string of the molecule is CCOC(=O)c1cc(C(=O)c2sc(NCCN3CCCCC3)c(C#N)c2N)on1. The van der Waals surface area contributed by atoms with Crippen LogP contribution in [0.4, 0.5) is 10.7 Å². The molecule has 0 unspecified atom stereocenters. The van der Waals surface area contributed by atoms with Crippen LogP contribution in [0.3, 0.4) is 0 Å². The van der Waals surface area contributed by atoms with E-state index in [9.17, 15) is 14.9 Å². The van der Waals surface area contributed by atoms with Gasteiger partial charge in [0.05, 0.1) is 12.3 Å². The van der Waals surface area contributed by atoms with Gasteiger partial charge in [-0.05, 0) is 32.9 Å². The summed E-state index contributed by atoms with van der Waals surface area (Å²) in [5.41, 5.74) is 6.29. The van der Waals surface area contributed by atoms with E-state index in [0.717, 1.165) is 31.0 Å². The second kappa shape index (κ2) is 9.54. The van der Waals surface area contributed by atoms with E-state index in [1.165, 1.54) is 25.3 Å². The van der Waals surface area contributed by atoms with Crippen LogP contribution in [-0.2, 0) is 4.74 Å². The third-order valence-corrected chi connectivity index (χ3v) is 5.81. The molecule has 154 valence electrons. The second-order valence-corrected chi connectivity index (χ2v) is 7.64. The van der Waals surface area contributed by atoms with Gasteiger partial charge >= 0.3 is 5.97 Å². The summed E-state index contributed by atoms with van der Waals surface area (Å²) in [6.07, 6.45) is 3.69. The van der Waals surface area contributed by atoms with E-state index >= 15 is 0 Å². The van der Waals surface area contributed by atoms with Crippen molar-refractivity contribution in [2.45, 2.75) is 26.2 Å². The number of carbonyl (C=O) groups is 2. The minimum Gasteiger partial charge on any atom is -0.461 e. The molecule has 3 N–H and O–H groups in total. The molecule has 0 aliphatic carbocycles. The lowest BCUT2D eigenvalue weighted by Crippen LogP contribution is -2.33. The number of hydrogen-bond acceptors (Lipinski definition) is 10. The first-order valence-corrected chi connectivity index (χ1v) is 10.3.